The molecule has 1 aliphatic rings. The largest absolute Gasteiger partial charge is 0.493 e. The fourth-order valence-electron chi connectivity index (χ4n) is 3.19. The molecule has 1 fully saturated rings. The van der Waals surface area contributed by atoms with Gasteiger partial charge in [0.2, 0.25) is 0 Å². The summed E-state index contributed by atoms with van der Waals surface area (Å²) in [6.07, 6.45) is 1.30. The summed E-state index contributed by atoms with van der Waals surface area (Å²) in [6, 6.07) is 15.8. The first-order valence-electron chi connectivity index (χ1n) is 10.1. The summed E-state index contributed by atoms with van der Waals surface area (Å²) >= 11 is 0. The summed E-state index contributed by atoms with van der Waals surface area (Å²) < 4.78 is 17.0. The smallest absolute Gasteiger partial charge is 0.306 e. The molecule has 0 bridgehead atoms. The van der Waals surface area contributed by atoms with Gasteiger partial charge < -0.3 is 24.2 Å². The van der Waals surface area contributed by atoms with Crippen LogP contribution in [0.5, 0.6) is 11.5 Å². The number of nitrogens with zero attached hydrogens (tertiary/aromatic N) is 1. The highest BCUT2D eigenvalue weighted by atomic mass is 16.5. The Morgan fingerprint density at radius 1 is 1.07 bits per heavy atom. The van der Waals surface area contributed by atoms with Gasteiger partial charge in [0.1, 0.15) is 11.5 Å². The molecule has 3 rings (SSSR count). The Bertz CT molecular complexity index is 771. The monoisotopic (exact) mass is 399 g/mol. The normalized spacial score (nSPS) is 15.0. The maximum absolute atomic E-state index is 10.9. The average molecular weight is 399 g/mol. The lowest BCUT2D eigenvalue weighted by Gasteiger charge is -2.29. The average Bonchev–Trinajstić information content (AvgIpc) is 2.75. The van der Waals surface area contributed by atoms with E-state index in [4.69, 9.17) is 19.3 Å². The molecular weight excluding hydrogens is 370 g/mol. The Hall–Kier alpha value is -2.73. The molecule has 1 atom stereocenters. The van der Waals surface area contributed by atoms with Crippen LogP contribution in [0.15, 0.2) is 48.5 Å². The maximum Gasteiger partial charge on any atom is 0.306 e. The predicted molar refractivity (Wildman–Crippen MR) is 112 cm³/mol. The quantitative estimate of drug-likeness (QED) is 0.616. The van der Waals surface area contributed by atoms with Crippen LogP contribution in [0.2, 0.25) is 0 Å². The van der Waals surface area contributed by atoms with Crippen molar-refractivity contribution in [2.75, 3.05) is 44.4 Å². The standard InChI is InChI=1S/C23H29NO5/c1-18(23(25)26)16-19-6-8-21(9-7-19)28-12-3-13-29-22-5-2-4-20(17-22)24-10-14-27-15-11-24/h2,4-9,17-18H,3,10-16H2,1H3,(H,25,26). The first kappa shape index (κ1) is 21.0. The lowest BCUT2D eigenvalue weighted by atomic mass is 10.0. The zero-order chi connectivity index (χ0) is 20.5. The van der Waals surface area contributed by atoms with Crippen molar-refractivity contribution >= 4 is 11.7 Å². The Morgan fingerprint density at radius 2 is 1.76 bits per heavy atom. The lowest BCUT2D eigenvalue weighted by Crippen LogP contribution is -2.36. The molecule has 0 saturated carbocycles. The van der Waals surface area contributed by atoms with Gasteiger partial charge in [-0.05, 0) is 36.2 Å². The van der Waals surface area contributed by atoms with Gasteiger partial charge in [0, 0.05) is 31.3 Å². The molecule has 0 aliphatic carbocycles. The first-order valence-corrected chi connectivity index (χ1v) is 10.1. The predicted octanol–water partition coefficient (Wildman–Crippen LogP) is 3.63. The van der Waals surface area contributed by atoms with Crippen LogP contribution in [0.1, 0.15) is 18.9 Å². The molecule has 2 aromatic rings. The van der Waals surface area contributed by atoms with E-state index >= 15 is 0 Å². The van der Waals surface area contributed by atoms with Crippen LogP contribution in [0.25, 0.3) is 0 Å². The molecule has 0 amide bonds. The minimum atomic E-state index is -0.777. The van der Waals surface area contributed by atoms with Gasteiger partial charge in [-0.3, -0.25) is 4.79 Å². The topological polar surface area (TPSA) is 68.2 Å². The SMILES string of the molecule is CC(Cc1ccc(OCCCOc2cccc(N3CCOCC3)c2)cc1)C(=O)O. The van der Waals surface area contributed by atoms with Crippen molar-refractivity contribution in [2.45, 2.75) is 19.8 Å². The van der Waals surface area contributed by atoms with Crippen molar-refractivity contribution in [3.8, 4) is 11.5 Å². The molecule has 0 aromatic heterocycles. The molecule has 1 aliphatic heterocycles. The molecule has 1 N–H and O–H groups in total. The second-order valence-electron chi connectivity index (χ2n) is 7.23. The molecule has 156 valence electrons. The first-order chi connectivity index (χ1) is 14.1. The molecule has 29 heavy (non-hydrogen) atoms. The Balaban J connectivity index is 1.37. The molecule has 0 spiro atoms. The number of aliphatic carboxylic acids is 1. The van der Waals surface area contributed by atoms with Crippen LogP contribution < -0.4 is 14.4 Å². The summed E-state index contributed by atoms with van der Waals surface area (Å²) in [6.45, 7) is 6.21. The van der Waals surface area contributed by atoms with E-state index in [0.29, 0.717) is 19.6 Å². The Morgan fingerprint density at radius 3 is 2.45 bits per heavy atom. The van der Waals surface area contributed by atoms with Gasteiger partial charge in [0.25, 0.3) is 0 Å². The van der Waals surface area contributed by atoms with Crippen molar-refractivity contribution in [2.24, 2.45) is 5.92 Å². The molecule has 0 radical (unpaired) electrons. The van der Waals surface area contributed by atoms with E-state index in [0.717, 1.165) is 49.8 Å². The number of anilines is 1. The number of hydrogen-bond donors (Lipinski definition) is 1. The summed E-state index contributed by atoms with van der Waals surface area (Å²) in [5.74, 6) is 0.485. The Kier molecular flexibility index (Phi) is 7.76. The highest BCUT2D eigenvalue weighted by Gasteiger charge is 2.12. The number of ether oxygens (including phenoxy) is 3. The number of rotatable bonds is 10. The number of carboxylic acid groups (broad SMARTS) is 1. The lowest BCUT2D eigenvalue weighted by molar-refractivity contribution is -0.141. The molecule has 1 saturated heterocycles. The molecular formula is C23H29NO5. The van der Waals surface area contributed by atoms with Gasteiger partial charge in [0.15, 0.2) is 0 Å². The zero-order valence-electron chi connectivity index (χ0n) is 16.9. The van der Waals surface area contributed by atoms with Gasteiger partial charge in [-0.2, -0.15) is 0 Å². The van der Waals surface area contributed by atoms with E-state index in [2.05, 4.69) is 17.0 Å². The fraction of sp³-hybridized carbons (Fsp3) is 0.435. The summed E-state index contributed by atoms with van der Waals surface area (Å²) in [5, 5.41) is 8.98. The third-order valence-electron chi connectivity index (χ3n) is 4.91. The Labute approximate surface area is 172 Å². The van der Waals surface area contributed by atoms with E-state index in [1.54, 1.807) is 6.92 Å². The van der Waals surface area contributed by atoms with Crippen LogP contribution in [-0.2, 0) is 16.0 Å². The van der Waals surface area contributed by atoms with Crippen molar-refractivity contribution < 1.29 is 24.1 Å². The minimum absolute atomic E-state index is 0.388. The maximum atomic E-state index is 10.9. The van der Waals surface area contributed by atoms with E-state index in [1.807, 2.05) is 36.4 Å². The van der Waals surface area contributed by atoms with Gasteiger partial charge >= 0.3 is 5.97 Å². The molecule has 6 heteroatoms. The molecule has 2 aromatic carbocycles. The van der Waals surface area contributed by atoms with Gasteiger partial charge in [-0.15, -0.1) is 0 Å². The zero-order valence-corrected chi connectivity index (χ0v) is 16.9. The summed E-state index contributed by atoms with van der Waals surface area (Å²) in [7, 11) is 0. The van der Waals surface area contributed by atoms with Crippen LogP contribution in [0.3, 0.4) is 0 Å². The van der Waals surface area contributed by atoms with Crippen molar-refractivity contribution in [3.63, 3.8) is 0 Å². The van der Waals surface area contributed by atoms with Gasteiger partial charge in [0.05, 0.1) is 32.3 Å². The van der Waals surface area contributed by atoms with Crippen molar-refractivity contribution in [3.05, 3.63) is 54.1 Å². The van der Waals surface area contributed by atoms with Gasteiger partial charge in [-0.25, -0.2) is 0 Å². The fourth-order valence-corrected chi connectivity index (χ4v) is 3.19. The highest BCUT2D eigenvalue weighted by molar-refractivity contribution is 5.69. The van der Waals surface area contributed by atoms with E-state index in [1.165, 1.54) is 5.69 Å². The van der Waals surface area contributed by atoms with Crippen molar-refractivity contribution in [1.82, 2.24) is 0 Å². The third-order valence-corrected chi connectivity index (χ3v) is 4.91. The second kappa shape index (κ2) is 10.7. The number of hydrogen-bond acceptors (Lipinski definition) is 5. The third kappa shape index (κ3) is 6.68. The second-order valence-corrected chi connectivity index (χ2v) is 7.23. The number of morpholine rings is 1. The van der Waals surface area contributed by atoms with Crippen LogP contribution in [0, 0.1) is 5.92 Å². The molecule has 1 unspecified atom stereocenters. The van der Waals surface area contributed by atoms with E-state index < -0.39 is 5.97 Å². The molecule has 6 nitrogen and oxygen atoms in total. The van der Waals surface area contributed by atoms with Crippen LogP contribution >= 0.6 is 0 Å². The highest BCUT2D eigenvalue weighted by Crippen LogP contribution is 2.22. The van der Waals surface area contributed by atoms with Gasteiger partial charge in [-0.1, -0.05) is 25.1 Å². The molecule has 1 heterocycles. The van der Waals surface area contributed by atoms with Crippen molar-refractivity contribution in [1.29, 1.82) is 0 Å². The van der Waals surface area contributed by atoms with E-state index in [9.17, 15) is 4.79 Å². The van der Waals surface area contributed by atoms with Crippen LogP contribution in [-0.4, -0.2) is 50.6 Å². The number of carbonyl (C=O) groups is 1. The summed E-state index contributed by atoms with van der Waals surface area (Å²) in [5.41, 5.74) is 2.16. The van der Waals surface area contributed by atoms with Crippen LogP contribution in [0.4, 0.5) is 5.69 Å². The number of benzene rings is 2. The number of carboxylic acids is 1. The van der Waals surface area contributed by atoms with E-state index in [-0.39, 0.29) is 5.92 Å². The summed E-state index contributed by atoms with van der Waals surface area (Å²) in [4.78, 5) is 13.2. The minimum Gasteiger partial charge on any atom is -0.493 e.